The Morgan fingerprint density at radius 3 is 2.15 bits per heavy atom. The highest BCUT2D eigenvalue weighted by atomic mass is 16.5. The summed E-state index contributed by atoms with van der Waals surface area (Å²) in [5, 5.41) is 11.7. The minimum atomic E-state index is -1.07. The van der Waals surface area contributed by atoms with Crippen LogP contribution in [0.3, 0.4) is 0 Å². The third-order valence-electron chi connectivity index (χ3n) is 5.82. The van der Waals surface area contributed by atoms with Crippen LogP contribution < -0.4 is 5.32 Å². The Balaban J connectivity index is 1.53. The molecular weight excluding hydrogens is 436 g/mol. The summed E-state index contributed by atoms with van der Waals surface area (Å²) in [4.78, 5) is 37.4. The quantitative estimate of drug-likeness (QED) is 0.523. The summed E-state index contributed by atoms with van der Waals surface area (Å²) in [6, 6.07) is 16.2. The molecule has 0 saturated heterocycles. The normalized spacial score (nSPS) is 13.2. The lowest BCUT2D eigenvalue weighted by atomic mass is 9.98. The highest BCUT2D eigenvalue weighted by Gasteiger charge is 2.29. The molecule has 8 nitrogen and oxygen atoms in total. The van der Waals surface area contributed by atoms with Gasteiger partial charge in [0, 0.05) is 26.1 Å². The van der Waals surface area contributed by atoms with E-state index in [1.807, 2.05) is 50.2 Å². The van der Waals surface area contributed by atoms with Crippen molar-refractivity contribution in [1.82, 2.24) is 10.2 Å². The zero-order valence-electron chi connectivity index (χ0n) is 19.8. The van der Waals surface area contributed by atoms with Gasteiger partial charge < -0.3 is 24.8 Å². The van der Waals surface area contributed by atoms with Crippen LogP contribution in [0, 0.1) is 5.92 Å². The van der Waals surface area contributed by atoms with Gasteiger partial charge in [0.1, 0.15) is 13.2 Å². The summed E-state index contributed by atoms with van der Waals surface area (Å²) in [5.41, 5.74) is 4.55. The lowest BCUT2D eigenvalue weighted by Gasteiger charge is -2.25. The summed E-state index contributed by atoms with van der Waals surface area (Å²) < 4.78 is 10.9. The average Bonchev–Trinajstić information content (AvgIpc) is 3.13. The Hall–Kier alpha value is -3.39. The first-order chi connectivity index (χ1) is 16.3. The van der Waals surface area contributed by atoms with Crippen molar-refractivity contribution in [3.63, 3.8) is 0 Å². The van der Waals surface area contributed by atoms with E-state index in [-0.39, 0.29) is 43.9 Å². The van der Waals surface area contributed by atoms with E-state index in [2.05, 4.69) is 17.4 Å². The second-order valence-corrected chi connectivity index (χ2v) is 8.83. The molecule has 1 atom stereocenters. The molecule has 34 heavy (non-hydrogen) atoms. The molecule has 1 aliphatic carbocycles. The van der Waals surface area contributed by atoms with Crippen molar-refractivity contribution in [3.05, 3.63) is 59.7 Å². The number of amides is 2. The van der Waals surface area contributed by atoms with E-state index in [0.29, 0.717) is 6.54 Å². The number of ether oxygens (including phenoxy) is 2. The molecule has 2 amide bonds. The molecule has 0 bridgehead atoms. The van der Waals surface area contributed by atoms with Gasteiger partial charge >= 0.3 is 12.1 Å². The fourth-order valence-electron chi connectivity index (χ4n) is 4.27. The Morgan fingerprint density at radius 1 is 1.03 bits per heavy atom. The molecule has 2 N–H and O–H groups in total. The van der Waals surface area contributed by atoms with E-state index in [0.717, 1.165) is 22.3 Å². The molecule has 0 heterocycles. The topological polar surface area (TPSA) is 105 Å². The van der Waals surface area contributed by atoms with Crippen molar-refractivity contribution < 1.29 is 29.0 Å². The van der Waals surface area contributed by atoms with Crippen molar-refractivity contribution >= 4 is 18.0 Å². The molecule has 8 heteroatoms. The summed E-state index contributed by atoms with van der Waals surface area (Å²) >= 11 is 0. The van der Waals surface area contributed by atoms with Crippen LogP contribution in [-0.2, 0) is 19.1 Å². The predicted molar refractivity (Wildman–Crippen MR) is 128 cm³/mol. The van der Waals surface area contributed by atoms with Crippen molar-refractivity contribution in [2.24, 2.45) is 5.92 Å². The van der Waals surface area contributed by atoms with Gasteiger partial charge in [0.2, 0.25) is 5.91 Å². The molecule has 2 aromatic rings. The van der Waals surface area contributed by atoms with Crippen LogP contribution >= 0.6 is 0 Å². The molecule has 3 rings (SSSR count). The summed E-state index contributed by atoms with van der Waals surface area (Å²) in [5.74, 6) is -1.32. The molecule has 182 valence electrons. The Labute approximate surface area is 199 Å². The molecule has 1 unspecified atom stereocenters. The van der Waals surface area contributed by atoms with Gasteiger partial charge in [-0.1, -0.05) is 62.4 Å². The van der Waals surface area contributed by atoms with Gasteiger partial charge in [-0.15, -0.1) is 0 Å². The molecule has 1 aliphatic rings. The number of methoxy groups -OCH3 is 1. The monoisotopic (exact) mass is 468 g/mol. The standard InChI is InChI=1S/C26H32N2O6/c1-17(2)14-28(15-25(30)31)24(29)12-18(33-3)13-27-26(32)34-16-23-21-10-6-4-8-19(21)20-9-5-7-11-22(20)23/h4-11,17-18,23H,12-16H2,1-3H3,(H,27,32)(H,30,31). The van der Waals surface area contributed by atoms with Gasteiger partial charge in [-0.25, -0.2) is 4.79 Å². The number of nitrogens with zero attached hydrogens (tertiary/aromatic N) is 1. The van der Waals surface area contributed by atoms with E-state index in [4.69, 9.17) is 14.6 Å². The first-order valence-electron chi connectivity index (χ1n) is 11.4. The fourth-order valence-corrected chi connectivity index (χ4v) is 4.27. The first-order valence-corrected chi connectivity index (χ1v) is 11.4. The minimum absolute atomic E-state index is 0.0415. The zero-order valence-corrected chi connectivity index (χ0v) is 19.8. The molecular formula is C26H32N2O6. The van der Waals surface area contributed by atoms with Gasteiger partial charge in [-0.2, -0.15) is 0 Å². The van der Waals surface area contributed by atoms with Gasteiger partial charge in [-0.3, -0.25) is 9.59 Å². The Kier molecular flexibility index (Phi) is 8.65. The number of carboxylic acids is 1. The number of benzene rings is 2. The molecule has 0 saturated carbocycles. The molecule has 0 radical (unpaired) electrons. The highest BCUT2D eigenvalue weighted by Crippen LogP contribution is 2.44. The minimum Gasteiger partial charge on any atom is -0.480 e. The number of rotatable bonds is 11. The maximum atomic E-state index is 12.6. The van der Waals surface area contributed by atoms with Crippen molar-refractivity contribution in [1.29, 1.82) is 0 Å². The Morgan fingerprint density at radius 2 is 1.62 bits per heavy atom. The fraction of sp³-hybridized carbons (Fsp3) is 0.423. The number of fused-ring (bicyclic) bond motifs is 3. The second kappa shape index (κ2) is 11.7. The number of alkyl carbamates (subject to hydrolysis) is 1. The van der Waals surface area contributed by atoms with Crippen LogP contribution in [0.25, 0.3) is 11.1 Å². The van der Waals surface area contributed by atoms with Crippen molar-refractivity contribution in [3.8, 4) is 11.1 Å². The van der Waals surface area contributed by atoms with Crippen LogP contribution in [0.1, 0.15) is 37.3 Å². The lowest BCUT2D eigenvalue weighted by molar-refractivity contribution is -0.145. The van der Waals surface area contributed by atoms with Crippen LogP contribution in [0.2, 0.25) is 0 Å². The van der Waals surface area contributed by atoms with Gasteiger partial charge in [0.15, 0.2) is 0 Å². The number of carboxylic acid groups (broad SMARTS) is 1. The second-order valence-electron chi connectivity index (χ2n) is 8.83. The van der Waals surface area contributed by atoms with Crippen LogP contribution in [0.15, 0.2) is 48.5 Å². The maximum absolute atomic E-state index is 12.6. The number of hydrogen-bond donors (Lipinski definition) is 2. The van der Waals surface area contributed by atoms with Crippen LogP contribution in [-0.4, -0.2) is 67.4 Å². The Bertz CT molecular complexity index is 976. The van der Waals surface area contributed by atoms with E-state index < -0.39 is 18.2 Å². The zero-order chi connectivity index (χ0) is 24.7. The summed E-state index contributed by atoms with van der Waals surface area (Å²) in [7, 11) is 1.45. The van der Waals surface area contributed by atoms with Gasteiger partial charge in [-0.05, 0) is 28.2 Å². The van der Waals surface area contributed by atoms with E-state index in [1.165, 1.54) is 12.0 Å². The lowest BCUT2D eigenvalue weighted by Crippen LogP contribution is -2.42. The molecule has 0 aliphatic heterocycles. The molecule has 2 aromatic carbocycles. The number of carbonyl (C=O) groups excluding carboxylic acids is 2. The summed E-state index contributed by atoms with van der Waals surface area (Å²) in [6.45, 7) is 4.05. The molecule has 0 aromatic heterocycles. The first kappa shape index (κ1) is 25.2. The predicted octanol–water partition coefficient (Wildman–Crippen LogP) is 3.50. The number of aliphatic carboxylic acids is 1. The van der Waals surface area contributed by atoms with E-state index in [1.54, 1.807) is 0 Å². The summed E-state index contributed by atoms with van der Waals surface area (Å²) in [6.07, 6.45) is -1.24. The average molecular weight is 469 g/mol. The van der Waals surface area contributed by atoms with E-state index in [9.17, 15) is 14.4 Å². The van der Waals surface area contributed by atoms with Crippen molar-refractivity contribution in [2.45, 2.75) is 32.3 Å². The smallest absolute Gasteiger partial charge is 0.407 e. The third kappa shape index (κ3) is 6.35. The van der Waals surface area contributed by atoms with Crippen molar-refractivity contribution in [2.75, 3.05) is 33.4 Å². The van der Waals surface area contributed by atoms with Gasteiger partial charge in [0.25, 0.3) is 0 Å². The number of carbonyl (C=O) groups is 3. The van der Waals surface area contributed by atoms with Crippen LogP contribution in [0.5, 0.6) is 0 Å². The molecule has 0 spiro atoms. The van der Waals surface area contributed by atoms with Crippen LogP contribution in [0.4, 0.5) is 4.79 Å². The number of hydrogen-bond acceptors (Lipinski definition) is 5. The highest BCUT2D eigenvalue weighted by molar-refractivity contribution is 5.82. The maximum Gasteiger partial charge on any atom is 0.407 e. The largest absolute Gasteiger partial charge is 0.480 e. The third-order valence-corrected chi connectivity index (χ3v) is 5.82. The SMILES string of the molecule is COC(CNC(=O)OCC1c2ccccc2-c2ccccc21)CC(=O)N(CC(=O)O)CC(C)C. The van der Waals surface area contributed by atoms with E-state index >= 15 is 0 Å². The van der Waals surface area contributed by atoms with Gasteiger partial charge in [0.05, 0.1) is 12.5 Å². The molecule has 0 fully saturated rings. The number of nitrogens with one attached hydrogen (secondary N) is 1.